The molecular formula is C16H23N3. The van der Waals surface area contributed by atoms with Gasteiger partial charge in [-0.1, -0.05) is 39.0 Å². The van der Waals surface area contributed by atoms with Crippen molar-refractivity contribution in [1.29, 1.82) is 0 Å². The van der Waals surface area contributed by atoms with E-state index in [9.17, 15) is 0 Å². The average Bonchev–Trinajstić information content (AvgIpc) is 2.83. The molecule has 0 spiro atoms. The number of para-hydroxylation sites is 1. The summed E-state index contributed by atoms with van der Waals surface area (Å²) in [5, 5.41) is 7.83. The van der Waals surface area contributed by atoms with Crippen molar-refractivity contribution in [2.24, 2.45) is 0 Å². The van der Waals surface area contributed by atoms with E-state index < -0.39 is 0 Å². The van der Waals surface area contributed by atoms with Crippen LogP contribution in [-0.4, -0.2) is 9.78 Å². The molecule has 0 unspecified atom stereocenters. The Labute approximate surface area is 115 Å². The van der Waals surface area contributed by atoms with E-state index >= 15 is 0 Å². The number of aromatic nitrogens is 2. The van der Waals surface area contributed by atoms with Gasteiger partial charge < -0.3 is 5.32 Å². The van der Waals surface area contributed by atoms with Crippen LogP contribution in [0.3, 0.4) is 0 Å². The first-order chi connectivity index (χ1) is 9.02. The number of rotatable bonds is 4. The zero-order valence-corrected chi connectivity index (χ0v) is 12.3. The highest BCUT2D eigenvalue weighted by atomic mass is 15.3. The summed E-state index contributed by atoms with van der Waals surface area (Å²) in [6, 6.07) is 10.6. The fourth-order valence-corrected chi connectivity index (χ4v) is 2.27. The monoisotopic (exact) mass is 257 g/mol. The van der Waals surface area contributed by atoms with E-state index in [0.29, 0.717) is 0 Å². The second kappa shape index (κ2) is 5.47. The van der Waals surface area contributed by atoms with Gasteiger partial charge in [0.2, 0.25) is 0 Å². The maximum atomic E-state index is 4.29. The lowest BCUT2D eigenvalue weighted by atomic mass is 9.86. The van der Waals surface area contributed by atoms with Crippen LogP contribution in [0.25, 0.3) is 0 Å². The molecular weight excluding hydrogens is 234 g/mol. The number of hydrogen-bond acceptors (Lipinski definition) is 2. The largest absolute Gasteiger partial charge is 0.379 e. The van der Waals surface area contributed by atoms with Gasteiger partial charge in [-0.3, -0.25) is 4.68 Å². The lowest BCUT2D eigenvalue weighted by Crippen LogP contribution is -2.15. The van der Waals surface area contributed by atoms with Crippen LogP contribution < -0.4 is 5.32 Å². The number of hydrogen-bond donors (Lipinski definition) is 1. The number of benzene rings is 1. The summed E-state index contributed by atoms with van der Waals surface area (Å²) >= 11 is 0. The van der Waals surface area contributed by atoms with Gasteiger partial charge >= 0.3 is 0 Å². The lowest BCUT2D eigenvalue weighted by Gasteiger charge is -2.23. The fraction of sp³-hybridized carbons (Fsp3) is 0.438. The highest BCUT2D eigenvalue weighted by molar-refractivity contribution is 5.54. The third kappa shape index (κ3) is 3.16. The molecule has 19 heavy (non-hydrogen) atoms. The van der Waals surface area contributed by atoms with E-state index in [1.165, 1.54) is 16.9 Å². The topological polar surface area (TPSA) is 29.9 Å². The van der Waals surface area contributed by atoms with Crippen LogP contribution in [0.5, 0.6) is 0 Å². The fourth-order valence-electron chi connectivity index (χ4n) is 2.27. The van der Waals surface area contributed by atoms with Gasteiger partial charge in [0.1, 0.15) is 0 Å². The quantitative estimate of drug-likeness (QED) is 0.902. The predicted octanol–water partition coefficient (Wildman–Crippen LogP) is 3.81. The molecule has 102 valence electrons. The van der Waals surface area contributed by atoms with Crippen LogP contribution in [0.4, 0.5) is 5.69 Å². The highest BCUT2D eigenvalue weighted by Gasteiger charge is 2.17. The molecule has 0 saturated heterocycles. The summed E-state index contributed by atoms with van der Waals surface area (Å²) in [4.78, 5) is 0. The minimum Gasteiger partial charge on any atom is -0.379 e. The Hall–Kier alpha value is -1.77. The summed E-state index contributed by atoms with van der Waals surface area (Å²) in [6.45, 7) is 10.5. The Balaban J connectivity index is 2.16. The molecule has 3 nitrogen and oxygen atoms in total. The van der Waals surface area contributed by atoms with E-state index in [-0.39, 0.29) is 5.41 Å². The molecule has 3 heteroatoms. The van der Waals surface area contributed by atoms with Crippen LogP contribution in [0.2, 0.25) is 0 Å². The Morgan fingerprint density at radius 2 is 1.89 bits per heavy atom. The SMILES string of the molecule is CCn1nccc1CNc1ccccc1C(C)(C)C. The van der Waals surface area contributed by atoms with Crippen molar-refractivity contribution in [3.63, 3.8) is 0 Å². The molecule has 0 aliphatic heterocycles. The summed E-state index contributed by atoms with van der Waals surface area (Å²) in [5.41, 5.74) is 3.91. The minimum absolute atomic E-state index is 0.147. The molecule has 0 atom stereocenters. The Kier molecular flexibility index (Phi) is 3.93. The molecule has 0 aliphatic carbocycles. The molecule has 1 aromatic heterocycles. The van der Waals surface area contributed by atoms with E-state index in [4.69, 9.17) is 0 Å². The van der Waals surface area contributed by atoms with Crippen molar-refractivity contribution in [3.05, 3.63) is 47.8 Å². The first-order valence-corrected chi connectivity index (χ1v) is 6.86. The first-order valence-electron chi connectivity index (χ1n) is 6.86. The van der Waals surface area contributed by atoms with Crippen LogP contribution in [0.15, 0.2) is 36.5 Å². The molecule has 2 aromatic rings. The summed E-state index contributed by atoms with van der Waals surface area (Å²) in [7, 11) is 0. The smallest absolute Gasteiger partial charge is 0.0575 e. The number of aryl methyl sites for hydroxylation is 1. The molecule has 2 rings (SSSR count). The van der Waals surface area contributed by atoms with Crippen molar-refractivity contribution in [2.75, 3.05) is 5.32 Å². The second-order valence-electron chi connectivity index (χ2n) is 5.79. The van der Waals surface area contributed by atoms with Crippen molar-refractivity contribution in [3.8, 4) is 0 Å². The van der Waals surface area contributed by atoms with Gasteiger partial charge in [-0.2, -0.15) is 5.10 Å². The normalized spacial score (nSPS) is 11.6. The molecule has 0 radical (unpaired) electrons. The Morgan fingerprint density at radius 3 is 2.58 bits per heavy atom. The van der Waals surface area contributed by atoms with Crippen LogP contribution >= 0.6 is 0 Å². The van der Waals surface area contributed by atoms with Crippen molar-refractivity contribution < 1.29 is 0 Å². The second-order valence-corrected chi connectivity index (χ2v) is 5.79. The number of anilines is 1. The van der Waals surface area contributed by atoms with Gasteiger partial charge in [-0.15, -0.1) is 0 Å². The molecule has 0 bridgehead atoms. The van der Waals surface area contributed by atoms with Gasteiger partial charge in [-0.05, 0) is 30.0 Å². The van der Waals surface area contributed by atoms with Crippen LogP contribution in [-0.2, 0) is 18.5 Å². The zero-order chi connectivity index (χ0) is 13.9. The van der Waals surface area contributed by atoms with Crippen molar-refractivity contribution in [2.45, 2.75) is 46.2 Å². The van der Waals surface area contributed by atoms with Gasteiger partial charge in [0.15, 0.2) is 0 Å². The summed E-state index contributed by atoms with van der Waals surface area (Å²) < 4.78 is 2.02. The van der Waals surface area contributed by atoms with E-state index in [2.05, 4.69) is 68.4 Å². The summed E-state index contributed by atoms with van der Waals surface area (Å²) in [5.74, 6) is 0. The maximum absolute atomic E-state index is 4.29. The maximum Gasteiger partial charge on any atom is 0.0575 e. The van der Waals surface area contributed by atoms with Crippen LogP contribution in [0, 0.1) is 0 Å². The van der Waals surface area contributed by atoms with E-state index in [0.717, 1.165) is 13.1 Å². The first kappa shape index (κ1) is 13.7. The number of nitrogens with zero attached hydrogens (tertiary/aromatic N) is 2. The van der Waals surface area contributed by atoms with Gasteiger partial charge in [0, 0.05) is 18.4 Å². The minimum atomic E-state index is 0.147. The third-order valence-electron chi connectivity index (χ3n) is 3.30. The Bertz CT molecular complexity index is 535. The molecule has 1 aromatic carbocycles. The van der Waals surface area contributed by atoms with E-state index in [1.54, 1.807) is 0 Å². The van der Waals surface area contributed by atoms with Crippen molar-refractivity contribution in [1.82, 2.24) is 9.78 Å². The molecule has 0 saturated carbocycles. The molecule has 1 N–H and O–H groups in total. The highest BCUT2D eigenvalue weighted by Crippen LogP contribution is 2.29. The predicted molar refractivity (Wildman–Crippen MR) is 80.4 cm³/mol. The molecule has 1 heterocycles. The van der Waals surface area contributed by atoms with Gasteiger partial charge in [-0.25, -0.2) is 0 Å². The summed E-state index contributed by atoms with van der Waals surface area (Å²) in [6.07, 6.45) is 1.86. The molecule has 0 fully saturated rings. The third-order valence-corrected chi connectivity index (χ3v) is 3.30. The molecule has 0 aliphatic rings. The van der Waals surface area contributed by atoms with Crippen molar-refractivity contribution >= 4 is 5.69 Å². The van der Waals surface area contributed by atoms with E-state index in [1.807, 2.05) is 10.9 Å². The van der Waals surface area contributed by atoms with Crippen LogP contribution in [0.1, 0.15) is 39.0 Å². The van der Waals surface area contributed by atoms with Gasteiger partial charge in [0.25, 0.3) is 0 Å². The standard InChI is InChI=1S/C16H23N3/c1-5-19-13(10-11-18-19)12-17-15-9-7-6-8-14(15)16(2,3)4/h6-11,17H,5,12H2,1-4H3. The Morgan fingerprint density at radius 1 is 1.16 bits per heavy atom. The number of nitrogens with one attached hydrogen (secondary N) is 1. The lowest BCUT2D eigenvalue weighted by molar-refractivity contribution is 0.590. The average molecular weight is 257 g/mol. The molecule has 0 amide bonds. The van der Waals surface area contributed by atoms with Gasteiger partial charge in [0.05, 0.1) is 12.2 Å². The zero-order valence-electron chi connectivity index (χ0n) is 12.3.